The van der Waals surface area contributed by atoms with Gasteiger partial charge in [0.1, 0.15) is 6.73 Å². The predicted octanol–water partition coefficient (Wildman–Crippen LogP) is 1.35. The van der Waals surface area contributed by atoms with Crippen LogP contribution in [0.25, 0.3) is 0 Å². The van der Waals surface area contributed by atoms with Crippen LogP contribution in [-0.2, 0) is 17.9 Å². The van der Waals surface area contributed by atoms with Crippen molar-refractivity contribution >= 4 is 5.97 Å². The van der Waals surface area contributed by atoms with Crippen LogP contribution in [0.3, 0.4) is 0 Å². The number of nitrogens with zero attached hydrogens (tertiary/aromatic N) is 1. The number of carboxylic acids is 1. The smallest absolute Gasteiger partial charge is 0.337 e. The molecule has 4 heteroatoms. The molecular weight excluding hydrogens is 170 g/mol. The molecule has 1 aromatic heterocycles. The van der Waals surface area contributed by atoms with Crippen molar-refractivity contribution in [3.8, 4) is 0 Å². The van der Waals surface area contributed by atoms with Crippen LogP contribution < -0.4 is 0 Å². The fourth-order valence-electron chi connectivity index (χ4n) is 1.35. The van der Waals surface area contributed by atoms with E-state index in [-0.39, 0.29) is 0 Å². The van der Waals surface area contributed by atoms with Gasteiger partial charge in [-0.2, -0.15) is 0 Å². The van der Waals surface area contributed by atoms with E-state index in [1.165, 1.54) is 0 Å². The van der Waals surface area contributed by atoms with E-state index in [1.807, 2.05) is 6.92 Å². The molecule has 0 aliphatic carbocycles. The molecule has 0 radical (unpaired) electrons. The molecule has 13 heavy (non-hydrogen) atoms. The highest BCUT2D eigenvalue weighted by Gasteiger charge is 2.12. The van der Waals surface area contributed by atoms with Crippen molar-refractivity contribution in [1.29, 1.82) is 0 Å². The summed E-state index contributed by atoms with van der Waals surface area (Å²) >= 11 is 0. The Morgan fingerprint density at radius 1 is 1.69 bits per heavy atom. The Balaban J connectivity index is 3.03. The van der Waals surface area contributed by atoms with Gasteiger partial charge in [-0.15, -0.1) is 0 Å². The summed E-state index contributed by atoms with van der Waals surface area (Å²) in [6.45, 7) is 2.32. The van der Waals surface area contributed by atoms with Crippen molar-refractivity contribution < 1.29 is 14.6 Å². The van der Waals surface area contributed by atoms with Crippen LogP contribution >= 0.6 is 0 Å². The van der Waals surface area contributed by atoms with E-state index < -0.39 is 5.97 Å². The SMILES string of the molecule is CCc1c(C(=O)O)ccn1COC. The second kappa shape index (κ2) is 4.09. The highest BCUT2D eigenvalue weighted by molar-refractivity contribution is 5.89. The number of aromatic nitrogens is 1. The highest BCUT2D eigenvalue weighted by Crippen LogP contribution is 2.11. The largest absolute Gasteiger partial charge is 0.478 e. The molecule has 0 atom stereocenters. The number of hydrogen-bond donors (Lipinski definition) is 1. The van der Waals surface area contributed by atoms with Crippen molar-refractivity contribution in [1.82, 2.24) is 4.57 Å². The molecule has 0 fully saturated rings. The van der Waals surface area contributed by atoms with Crippen LogP contribution in [0.15, 0.2) is 12.3 Å². The van der Waals surface area contributed by atoms with Crippen molar-refractivity contribution in [3.63, 3.8) is 0 Å². The standard InChI is InChI=1S/C9H13NO3/c1-3-8-7(9(11)12)4-5-10(8)6-13-2/h4-5H,3,6H2,1-2H3,(H,11,12). The summed E-state index contributed by atoms with van der Waals surface area (Å²) in [6.07, 6.45) is 2.42. The van der Waals surface area contributed by atoms with Crippen LogP contribution in [0.2, 0.25) is 0 Å². The fraction of sp³-hybridized carbons (Fsp3) is 0.444. The second-order valence-electron chi connectivity index (χ2n) is 2.72. The zero-order valence-corrected chi connectivity index (χ0v) is 7.78. The Bertz CT molecular complexity index is 304. The third kappa shape index (κ3) is 1.89. The zero-order valence-electron chi connectivity index (χ0n) is 7.78. The average Bonchev–Trinajstić information content (AvgIpc) is 2.48. The normalized spacial score (nSPS) is 10.3. The van der Waals surface area contributed by atoms with Crippen LogP contribution in [0.5, 0.6) is 0 Å². The molecule has 0 unspecified atom stereocenters. The lowest BCUT2D eigenvalue weighted by atomic mass is 10.2. The molecular formula is C9H13NO3. The quantitative estimate of drug-likeness (QED) is 0.766. The van der Waals surface area contributed by atoms with Crippen molar-refractivity contribution in [2.24, 2.45) is 0 Å². The molecule has 0 aliphatic rings. The second-order valence-corrected chi connectivity index (χ2v) is 2.72. The monoisotopic (exact) mass is 183 g/mol. The van der Waals surface area contributed by atoms with E-state index in [1.54, 1.807) is 23.9 Å². The van der Waals surface area contributed by atoms with Gasteiger partial charge < -0.3 is 14.4 Å². The average molecular weight is 183 g/mol. The van der Waals surface area contributed by atoms with Gasteiger partial charge in [0, 0.05) is 19.0 Å². The lowest BCUT2D eigenvalue weighted by Gasteiger charge is -2.06. The fourth-order valence-corrected chi connectivity index (χ4v) is 1.35. The molecule has 1 heterocycles. The maximum atomic E-state index is 10.7. The third-order valence-corrected chi connectivity index (χ3v) is 1.91. The van der Waals surface area contributed by atoms with Crippen LogP contribution in [0, 0.1) is 0 Å². The topological polar surface area (TPSA) is 51.5 Å². The molecule has 0 saturated carbocycles. The summed E-state index contributed by atoms with van der Waals surface area (Å²) in [7, 11) is 1.58. The minimum Gasteiger partial charge on any atom is -0.478 e. The zero-order chi connectivity index (χ0) is 9.84. The first-order valence-corrected chi connectivity index (χ1v) is 4.11. The third-order valence-electron chi connectivity index (χ3n) is 1.91. The van der Waals surface area contributed by atoms with Gasteiger partial charge in [-0.25, -0.2) is 4.79 Å². The summed E-state index contributed by atoms with van der Waals surface area (Å²) < 4.78 is 6.73. The minimum absolute atomic E-state index is 0.361. The number of aromatic carboxylic acids is 1. The summed E-state index contributed by atoms with van der Waals surface area (Å²) in [5.41, 5.74) is 1.16. The Morgan fingerprint density at radius 3 is 2.85 bits per heavy atom. The molecule has 0 aromatic carbocycles. The molecule has 72 valence electrons. The van der Waals surface area contributed by atoms with E-state index in [0.717, 1.165) is 5.69 Å². The highest BCUT2D eigenvalue weighted by atomic mass is 16.5. The lowest BCUT2D eigenvalue weighted by molar-refractivity contribution is 0.0694. The number of rotatable bonds is 4. The number of carbonyl (C=O) groups is 1. The van der Waals surface area contributed by atoms with E-state index in [2.05, 4.69) is 0 Å². The first-order valence-electron chi connectivity index (χ1n) is 4.11. The maximum absolute atomic E-state index is 10.7. The summed E-state index contributed by atoms with van der Waals surface area (Å²) in [5, 5.41) is 8.82. The molecule has 1 aromatic rings. The van der Waals surface area contributed by atoms with Gasteiger partial charge in [0.15, 0.2) is 0 Å². The number of carboxylic acid groups (broad SMARTS) is 1. The lowest BCUT2D eigenvalue weighted by Crippen LogP contribution is -2.06. The van der Waals surface area contributed by atoms with Gasteiger partial charge in [-0.1, -0.05) is 6.92 Å². The number of methoxy groups -OCH3 is 1. The summed E-state index contributed by atoms with van der Waals surface area (Å²) in [6, 6.07) is 1.60. The Hall–Kier alpha value is -1.29. The molecule has 0 bridgehead atoms. The minimum atomic E-state index is -0.883. The maximum Gasteiger partial charge on any atom is 0.337 e. The van der Waals surface area contributed by atoms with Gasteiger partial charge in [-0.3, -0.25) is 0 Å². The number of ether oxygens (including phenoxy) is 1. The molecule has 0 spiro atoms. The van der Waals surface area contributed by atoms with Gasteiger partial charge >= 0.3 is 5.97 Å². The predicted molar refractivity (Wildman–Crippen MR) is 47.8 cm³/mol. The molecule has 1 rings (SSSR count). The molecule has 4 nitrogen and oxygen atoms in total. The van der Waals surface area contributed by atoms with Crippen LogP contribution in [0.4, 0.5) is 0 Å². The van der Waals surface area contributed by atoms with E-state index in [9.17, 15) is 4.79 Å². The van der Waals surface area contributed by atoms with E-state index in [4.69, 9.17) is 9.84 Å². The Kier molecular flexibility index (Phi) is 3.08. The molecule has 0 aliphatic heterocycles. The van der Waals surface area contributed by atoms with Crippen molar-refractivity contribution in [3.05, 3.63) is 23.5 Å². The molecule has 0 amide bonds. The van der Waals surface area contributed by atoms with Crippen LogP contribution in [0.1, 0.15) is 23.0 Å². The van der Waals surface area contributed by atoms with E-state index in [0.29, 0.717) is 18.7 Å². The van der Waals surface area contributed by atoms with Crippen LogP contribution in [-0.4, -0.2) is 22.8 Å². The van der Waals surface area contributed by atoms with Gasteiger partial charge in [0.25, 0.3) is 0 Å². The summed E-state index contributed by atoms with van der Waals surface area (Å²) in [5.74, 6) is -0.883. The van der Waals surface area contributed by atoms with Gasteiger partial charge in [0.05, 0.1) is 5.56 Å². The first kappa shape index (κ1) is 9.80. The van der Waals surface area contributed by atoms with Gasteiger partial charge in [0.2, 0.25) is 0 Å². The first-order chi connectivity index (χ1) is 6.20. The van der Waals surface area contributed by atoms with Crippen molar-refractivity contribution in [2.75, 3.05) is 7.11 Å². The van der Waals surface area contributed by atoms with Crippen molar-refractivity contribution in [2.45, 2.75) is 20.1 Å². The number of hydrogen-bond acceptors (Lipinski definition) is 2. The molecule has 1 N–H and O–H groups in total. The molecule has 0 saturated heterocycles. The Labute approximate surface area is 76.7 Å². The summed E-state index contributed by atoms with van der Waals surface area (Å²) in [4.78, 5) is 10.7. The Morgan fingerprint density at radius 2 is 2.38 bits per heavy atom. The van der Waals surface area contributed by atoms with Gasteiger partial charge in [-0.05, 0) is 12.5 Å². The van der Waals surface area contributed by atoms with E-state index >= 15 is 0 Å².